The molecule has 0 aromatic heterocycles. The lowest BCUT2D eigenvalue weighted by Gasteiger charge is -2.33. The molecule has 1 saturated carbocycles. The van der Waals surface area contributed by atoms with E-state index in [1.54, 1.807) is 7.11 Å². The van der Waals surface area contributed by atoms with E-state index in [0.717, 1.165) is 31.9 Å². The molecule has 0 spiro atoms. The fourth-order valence-electron chi connectivity index (χ4n) is 1.89. The number of ether oxygens (including phenoxy) is 1. The van der Waals surface area contributed by atoms with Crippen LogP contribution in [0.25, 0.3) is 0 Å². The van der Waals surface area contributed by atoms with Crippen molar-refractivity contribution in [2.75, 3.05) is 20.2 Å². The van der Waals surface area contributed by atoms with Gasteiger partial charge in [-0.2, -0.15) is 0 Å². The monoisotopic (exact) mass is 212 g/mol. The molecule has 2 rings (SSSR count). The minimum Gasteiger partial charge on any atom is -0.381 e. The second-order valence-corrected chi connectivity index (χ2v) is 4.25. The van der Waals surface area contributed by atoms with Gasteiger partial charge in [0.05, 0.1) is 12.1 Å². The van der Waals surface area contributed by atoms with Crippen LogP contribution in [0.5, 0.6) is 0 Å². The standard InChI is InChI=1S/C10H20N4O/c1-15-9-4-6-14(7-5-9)10(13-11)12-8-2-3-8/h8-9H,2-7,11H2,1H3,(H,12,13). The summed E-state index contributed by atoms with van der Waals surface area (Å²) in [6.07, 6.45) is 4.93. The Hall–Kier alpha value is -0.810. The second-order valence-electron chi connectivity index (χ2n) is 4.25. The molecule has 0 amide bonds. The molecule has 0 unspecified atom stereocenters. The molecule has 5 heteroatoms. The molecule has 0 atom stereocenters. The number of hydrogen-bond acceptors (Lipinski definition) is 3. The minimum atomic E-state index is 0.404. The maximum Gasteiger partial charge on any atom is 0.208 e. The van der Waals surface area contributed by atoms with E-state index in [0.29, 0.717) is 12.1 Å². The average Bonchev–Trinajstić information content (AvgIpc) is 3.10. The molecule has 0 aromatic rings. The number of guanidine groups is 1. The van der Waals surface area contributed by atoms with Crippen LogP contribution in [0.1, 0.15) is 25.7 Å². The van der Waals surface area contributed by atoms with Gasteiger partial charge in [-0.25, -0.2) is 10.8 Å². The Morgan fingerprint density at radius 1 is 1.33 bits per heavy atom. The summed E-state index contributed by atoms with van der Waals surface area (Å²) < 4.78 is 5.33. The fourth-order valence-corrected chi connectivity index (χ4v) is 1.89. The smallest absolute Gasteiger partial charge is 0.208 e. The number of hydrazine groups is 1. The summed E-state index contributed by atoms with van der Waals surface area (Å²) in [5.74, 6) is 6.35. The molecule has 1 saturated heterocycles. The van der Waals surface area contributed by atoms with Gasteiger partial charge >= 0.3 is 0 Å². The van der Waals surface area contributed by atoms with Gasteiger partial charge in [-0.3, -0.25) is 5.43 Å². The highest BCUT2D eigenvalue weighted by Crippen LogP contribution is 2.24. The van der Waals surface area contributed by atoms with E-state index < -0.39 is 0 Å². The molecular formula is C10H20N4O. The van der Waals surface area contributed by atoms with Crippen LogP contribution in [0.4, 0.5) is 0 Å². The van der Waals surface area contributed by atoms with Crippen molar-refractivity contribution >= 4 is 5.96 Å². The quantitative estimate of drug-likeness (QED) is 0.294. The van der Waals surface area contributed by atoms with Crippen molar-refractivity contribution in [3.63, 3.8) is 0 Å². The molecule has 1 aliphatic carbocycles. The Balaban J connectivity index is 1.87. The van der Waals surface area contributed by atoms with E-state index >= 15 is 0 Å². The van der Waals surface area contributed by atoms with Crippen molar-refractivity contribution in [2.24, 2.45) is 10.8 Å². The zero-order chi connectivity index (χ0) is 10.7. The minimum absolute atomic E-state index is 0.404. The molecule has 1 aliphatic heterocycles. The van der Waals surface area contributed by atoms with Gasteiger partial charge in [-0.1, -0.05) is 0 Å². The van der Waals surface area contributed by atoms with Gasteiger partial charge in [0.2, 0.25) is 5.96 Å². The third-order valence-electron chi connectivity index (χ3n) is 3.06. The van der Waals surface area contributed by atoms with Gasteiger partial charge in [0.15, 0.2) is 0 Å². The van der Waals surface area contributed by atoms with Crippen LogP contribution in [0.15, 0.2) is 4.99 Å². The van der Waals surface area contributed by atoms with Gasteiger partial charge < -0.3 is 9.64 Å². The van der Waals surface area contributed by atoms with Crippen molar-refractivity contribution < 1.29 is 4.74 Å². The first-order chi connectivity index (χ1) is 7.33. The first kappa shape index (κ1) is 10.7. The van der Waals surface area contributed by atoms with E-state index in [1.165, 1.54) is 12.8 Å². The van der Waals surface area contributed by atoms with Crippen LogP contribution in [0.2, 0.25) is 0 Å². The summed E-state index contributed by atoms with van der Waals surface area (Å²) in [6.45, 7) is 1.96. The van der Waals surface area contributed by atoms with Gasteiger partial charge in [-0.05, 0) is 25.7 Å². The van der Waals surface area contributed by atoms with Crippen LogP contribution in [0, 0.1) is 0 Å². The highest BCUT2D eigenvalue weighted by molar-refractivity contribution is 5.79. The maximum absolute atomic E-state index is 5.49. The molecule has 0 aromatic carbocycles. The summed E-state index contributed by atoms with van der Waals surface area (Å²) in [4.78, 5) is 6.76. The third-order valence-corrected chi connectivity index (χ3v) is 3.06. The van der Waals surface area contributed by atoms with Crippen molar-refractivity contribution in [1.29, 1.82) is 0 Å². The molecule has 86 valence electrons. The first-order valence-corrected chi connectivity index (χ1v) is 5.65. The average molecular weight is 212 g/mol. The molecule has 3 N–H and O–H groups in total. The molecular weight excluding hydrogens is 192 g/mol. The SMILES string of the molecule is COC1CCN(C(=NC2CC2)NN)CC1. The largest absolute Gasteiger partial charge is 0.381 e. The van der Waals surface area contributed by atoms with Gasteiger partial charge in [0.25, 0.3) is 0 Å². The highest BCUT2D eigenvalue weighted by Gasteiger charge is 2.25. The summed E-state index contributed by atoms with van der Waals surface area (Å²) in [6, 6.07) is 0.510. The number of nitrogens with one attached hydrogen (secondary N) is 1. The van der Waals surface area contributed by atoms with E-state index in [1.807, 2.05) is 0 Å². The normalized spacial score (nSPS) is 24.4. The number of piperidine rings is 1. The summed E-state index contributed by atoms with van der Waals surface area (Å²) in [5.41, 5.74) is 2.71. The van der Waals surface area contributed by atoms with E-state index in [2.05, 4.69) is 15.3 Å². The van der Waals surface area contributed by atoms with Crippen molar-refractivity contribution in [2.45, 2.75) is 37.8 Å². The predicted molar refractivity (Wildman–Crippen MR) is 59.4 cm³/mol. The summed E-state index contributed by atoms with van der Waals surface area (Å²) in [5, 5.41) is 0. The van der Waals surface area contributed by atoms with Crippen molar-refractivity contribution in [3.05, 3.63) is 0 Å². The lowest BCUT2D eigenvalue weighted by Crippen LogP contribution is -2.49. The van der Waals surface area contributed by atoms with Crippen LogP contribution in [-0.4, -0.2) is 43.2 Å². The van der Waals surface area contributed by atoms with Crippen molar-refractivity contribution in [3.8, 4) is 0 Å². The van der Waals surface area contributed by atoms with Gasteiger partial charge in [0, 0.05) is 20.2 Å². The van der Waals surface area contributed by atoms with Crippen LogP contribution < -0.4 is 11.3 Å². The van der Waals surface area contributed by atoms with E-state index in [-0.39, 0.29) is 0 Å². The number of nitrogens with zero attached hydrogens (tertiary/aromatic N) is 2. The van der Waals surface area contributed by atoms with Crippen molar-refractivity contribution in [1.82, 2.24) is 10.3 Å². The molecule has 15 heavy (non-hydrogen) atoms. The van der Waals surface area contributed by atoms with Crippen LogP contribution in [0.3, 0.4) is 0 Å². The van der Waals surface area contributed by atoms with Gasteiger partial charge in [0.1, 0.15) is 0 Å². The Labute approximate surface area is 90.6 Å². The second kappa shape index (κ2) is 4.81. The Bertz CT molecular complexity index is 232. The van der Waals surface area contributed by atoms with E-state index in [4.69, 9.17) is 10.6 Å². The Morgan fingerprint density at radius 3 is 2.47 bits per heavy atom. The number of aliphatic imine (C=N–C) groups is 1. The number of rotatable bonds is 2. The third kappa shape index (κ3) is 2.82. The molecule has 0 bridgehead atoms. The van der Waals surface area contributed by atoms with Gasteiger partial charge in [-0.15, -0.1) is 0 Å². The Morgan fingerprint density at radius 2 is 2.00 bits per heavy atom. The van der Waals surface area contributed by atoms with E-state index in [9.17, 15) is 0 Å². The molecule has 0 radical (unpaired) electrons. The number of methoxy groups -OCH3 is 1. The number of hydrogen-bond donors (Lipinski definition) is 2. The zero-order valence-electron chi connectivity index (χ0n) is 9.28. The molecule has 2 aliphatic rings. The van der Waals surface area contributed by atoms with Crippen LogP contribution >= 0.6 is 0 Å². The molecule has 1 heterocycles. The molecule has 2 fully saturated rings. The number of nitrogens with two attached hydrogens (primary N) is 1. The lowest BCUT2D eigenvalue weighted by atomic mass is 10.1. The summed E-state index contributed by atoms with van der Waals surface area (Å²) >= 11 is 0. The highest BCUT2D eigenvalue weighted by atomic mass is 16.5. The first-order valence-electron chi connectivity index (χ1n) is 5.65. The fraction of sp³-hybridized carbons (Fsp3) is 0.900. The Kier molecular flexibility index (Phi) is 3.43. The van der Waals surface area contributed by atoms with Crippen LogP contribution in [-0.2, 0) is 4.74 Å². The summed E-state index contributed by atoms with van der Waals surface area (Å²) in [7, 11) is 1.78. The predicted octanol–water partition coefficient (Wildman–Crippen LogP) is 0.0789. The topological polar surface area (TPSA) is 62.9 Å². The maximum atomic E-state index is 5.49. The lowest BCUT2D eigenvalue weighted by molar-refractivity contribution is 0.0570. The zero-order valence-corrected chi connectivity index (χ0v) is 9.28. The molecule has 5 nitrogen and oxygen atoms in total. The number of likely N-dealkylation sites (tertiary alicyclic amines) is 1.